The highest BCUT2D eigenvalue weighted by Crippen LogP contribution is 2.48. The van der Waals surface area contributed by atoms with Crippen LogP contribution < -0.4 is 11.1 Å². The summed E-state index contributed by atoms with van der Waals surface area (Å²) in [5.74, 6) is -0.0863. The minimum Gasteiger partial charge on any atom is -0.398 e. The van der Waals surface area contributed by atoms with Crippen LogP contribution >= 0.6 is 0 Å². The van der Waals surface area contributed by atoms with Gasteiger partial charge in [-0.25, -0.2) is 0 Å². The van der Waals surface area contributed by atoms with Crippen molar-refractivity contribution in [2.75, 3.05) is 26.0 Å². The first-order chi connectivity index (χ1) is 8.67. The molecule has 0 radical (unpaired) electrons. The lowest BCUT2D eigenvalue weighted by Gasteiger charge is -2.15. The molecule has 1 amide bonds. The third-order valence-corrected chi connectivity index (χ3v) is 3.62. The molecule has 98 valence electrons. The average molecular weight is 248 g/mol. The molecule has 0 aliphatic heterocycles. The van der Waals surface area contributed by atoms with E-state index in [1.54, 1.807) is 19.2 Å². The molecular formula is C14H20N2O2. The molecule has 1 aliphatic rings. The number of nitrogen functional groups attached to an aromatic ring is 1. The van der Waals surface area contributed by atoms with E-state index in [9.17, 15) is 4.79 Å². The van der Waals surface area contributed by atoms with Crippen molar-refractivity contribution >= 4 is 11.6 Å². The van der Waals surface area contributed by atoms with Gasteiger partial charge in [0.1, 0.15) is 0 Å². The van der Waals surface area contributed by atoms with Gasteiger partial charge >= 0.3 is 0 Å². The number of ether oxygens (including phenoxy) is 1. The van der Waals surface area contributed by atoms with Gasteiger partial charge in [-0.05, 0) is 36.8 Å². The second kappa shape index (κ2) is 5.40. The molecule has 0 aromatic heterocycles. The number of methoxy groups -OCH3 is 1. The molecule has 0 atom stereocenters. The summed E-state index contributed by atoms with van der Waals surface area (Å²) in [5.41, 5.74) is 7.12. The summed E-state index contributed by atoms with van der Waals surface area (Å²) in [6.07, 6.45) is 3.34. The van der Waals surface area contributed by atoms with Gasteiger partial charge in [0, 0.05) is 25.9 Å². The van der Waals surface area contributed by atoms with Gasteiger partial charge < -0.3 is 15.8 Å². The van der Waals surface area contributed by atoms with E-state index in [-0.39, 0.29) is 11.3 Å². The van der Waals surface area contributed by atoms with Gasteiger partial charge in [0.2, 0.25) is 0 Å². The van der Waals surface area contributed by atoms with E-state index in [2.05, 4.69) is 5.32 Å². The quantitative estimate of drug-likeness (QED) is 0.755. The van der Waals surface area contributed by atoms with E-state index < -0.39 is 0 Å². The van der Waals surface area contributed by atoms with Crippen LogP contribution in [0.25, 0.3) is 0 Å². The van der Waals surface area contributed by atoms with Crippen molar-refractivity contribution in [3.63, 3.8) is 0 Å². The largest absolute Gasteiger partial charge is 0.398 e. The lowest BCUT2D eigenvalue weighted by atomic mass is 10.0. The van der Waals surface area contributed by atoms with Crippen molar-refractivity contribution in [1.82, 2.24) is 5.32 Å². The van der Waals surface area contributed by atoms with Crippen LogP contribution in [0.4, 0.5) is 5.69 Å². The lowest BCUT2D eigenvalue weighted by Crippen LogP contribution is -2.31. The third-order valence-electron chi connectivity index (χ3n) is 3.62. The molecule has 18 heavy (non-hydrogen) atoms. The van der Waals surface area contributed by atoms with Crippen LogP contribution in [0.15, 0.2) is 24.3 Å². The van der Waals surface area contributed by atoms with Crippen molar-refractivity contribution in [1.29, 1.82) is 0 Å². The molecular weight excluding hydrogens is 228 g/mol. The molecule has 2 rings (SSSR count). The number of amides is 1. The Morgan fingerprint density at radius 1 is 1.44 bits per heavy atom. The lowest BCUT2D eigenvalue weighted by molar-refractivity contribution is 0.0939. The van der Waals surface area contributed by atoms with E-state index in [1.807, 2.05) is 12.1 Å². The Bertz CT molecular complexity index is 428. The van der Waals surface area contributed by atoms with E-state index in [0.717, 1.165) is 13.0 Å². The molecule has 1 saturated carbocycles. The SMILES string of the molecule is COCCC1(CNC(=O)c2ccccc2N)CC1. The number of carbonyl (C=O) groups excluding carboxylic acids is 1. The second-order valence-electron chi connectivity index (χ2n) is 5.01. The van der Waals surface area contributed by atoms with Crippen molar-refractivity contribution in [3.8, 4) is 0 Å². The number of nitrogens with two attached hydrogens (primary N) is 1. The minimum absolute atomic E-state index is 0.0863. The fraction of sp³-hybridized carbons (Fsp3) is 0.500. The summed E-state index contributed by atoms with van der Waals surface area (Å²) >= 11 is 0. The molecule has 0 heterocycles. The molecule has 4 nitrogen and oxygen atoms in total. The van der Waals surface area contributed by atoms with Crippen LogP contribution in [0.1, 0.15) is 29.6 Å². The van der Waals surface area contributed by atoms with Crippen molar-refractivity contribution in [2.45, 2.75) is 19.3 Å². The number of hydrogen-bond acceptors (Lipinski definition) is 3. The Hall–Kier alpha value is -1.55. The minimum atomic E-state index is -0.0863. The number of para-hydroxylation sites is 1. The first kappa shape index (κ1) is 12.9. The van der Waals surface area contributed by atoms with Crippen LogP contribution in [-0.4, -0.2) is 26.2 Å². The molecule has 1 aliphatic carbocycles. The number of anilines is 1. The predicted molar refractivity (Wildman–Crippen MR) is 71.3 cm³/mol. The van der Waals surface area contributed by atoms with Gasteiger partial charge in [0.15, 0.2) is 0 Å². The van der Waals surface area contributed by atoms with E-state index in [0.29, 0.717) is 17.8 Å². The second-order valence-corrected chi connectivity index (χ2v) is 5.01. The third kappa shape index (κ3) is 3.01. The Kier molecular flexibility index (Phi) is 3.87. The Balaban J connectivity index is 1.87. The summed E-state index contributed by atoms with van der Waals surface area (Å²) in [5, 5.41) is 2.98. The zero-order valence-electron chi connectivity index (χ0n) is 10.7. The average Bonchev–Trinajstić information content (AvgIpc) is 3.15. The number of hydrogen-bond donors (Lipinski definition) is 2. The topological polar surface area (TPSA) is 64.3 Å². The summed E-state index contributed by atoms with van der Waals surface area (Å²) in [4.78, 5) is 12.0. The summed E-state index contributed by atoms with van der Waals surface area (Å²) in [6.45, 7) is 1.47. The highest BCUT2D eigenvalue weighted by atomic mass is 16.5. The molecule has 1 aromatic carbocycles. The molecule has 1 aromatic rings. The maximum absolute atomic E-state index is 12.0. The van der Waals surface area contributed by atoms with E-state index >= 15 is 0 Å². The van der Waals surface area contributed by atoms with Crippen LogP contribution in [0.3, 0.4) is 0 Å². The molecule has 0 bridgehead atoms. The predicted octanol–water partition coefficient (Wildman–Crippen LogP) is 1.82. The van der Waals surface area contributed by atoms with Gasteiger partial charge in [0.05, 0.1) is 5.56 Å². The molecule has 4 heteroatoms. The van der Waals surface area contributed by atoms with Crippen molar-refractivity contribution in [3.05, 3.63) is 29.8 Å². The van der Waals surface area contributed by atoms with Crippen molar-refractivity contribution in [2.24, 2.45) is 5.41 Å². The number of carbonyl (C=O) groups is 1. The van der Waals surface area contributed by atoms with Crippen LogP contribution in [0, 0.1) is 5.41 Å². The monoisotopic (exact) mass is 248 g/mol. The van der Waals surface area contributed by atoms with E-state index in [1.165, 1.54) is 12.8 Å². The molecule has 0 saturated heterocycles. The van der Waals surface area contributed by atoms with E-state index in [4.69, 9.17) is 10.5 Å². The summed E-state index contributed by atoms with van der Waals surface area (Å²) < 4.78 is 5.10. The van der Waals surface area contributed by atoms with Gasteiger partial charge in [0.25, 0.3) is 5.91 Å². The maximum Gasteiger partial charge on any atom is 0.253 e. The number of benzene rings is 1. The maximum atomic E-state index is 12.0. The number of rotatable bonds is 6. The first-order valence-corrected chi connectivity index (χ1v) is 6.28. The zero-order valence-corrected chi connectivity index (χ0v) is 10.7. The van der Waals surface area contributed by atoms with Gasteiger partial charge in [-0.2, -0.15) is 0 Å². The van der Waals surface area contributed by atoms with Crippen LogP contribution in [0.5, 0.6) is 0 Å². The Morgan fingerprint density at radius 3 is 2.78 bits per heavy atom. The fourth-order valence-corrected chi connectivity index (χ4v) is 2.08. The van der Waals surface area contributed by atoms with Gasteiger partial charge in [-0.1, -0.05) is 12.1 Å². The first-order valence-electron chi connectivity index (χ1n) is 6.28. The van der Waals surface area contributed by atoms with Crippen LogP contribution in [-0.2, 0) is 4.74 Å². The highest BCUT2D eigenvalue weighted by Gasteiger charge is 2.42. The standard InChI is InChI=1S/C14H20N2O2/c1-18-9-8-14(6-7-14)10-16-13(17)11-4-2-3-5-12(11)15/h2-5H,6-10,15H2,1H3,(H,16,17). The molecule has 0 spiro atoms. The van der Waals surface area contributed by atoms with Crippen LogP contribution in [0.2, 0.25) is 0 Å². The zero-order chi connectivity index (χ0) is 13.0. The molecule has 1 fully saturated rings. The fourth-order valence-electron chi connectivity index (χ4n) is 2.08. The van der Waals surface area contributed by atoms with Crippen molar-refractivity contribution < 1.29 is 9.53 Å². The Labute approximate surface area is 108 Å². The summed E-state index contributed by atoms with van der Waals surface area (Å²) in [6, 6.07) is 7.14. The molecule has 3 N–H and O–H groups in total. The highest BCUT2D eigenvalue weighted by molar-refractivity contribution is 5.99. The van der Waals surface area contributed by atoms with Gasteiger partial charge in [-0.3, -0.25) is 4.79 Å². The summed E-state index contributed by atoms with van der Waals surface area (Å²) in [7, 11) is 1.71. The normalized spacial score (nSPS) is 16.3. The Morgan fingerprint density at radius 2 is 2.17 bits per heavy atom. The van der Waals surface area contributed by atoms with Gasteiger partial charge in [-0.15, -0.1) is 0 Å². The smallest absolute Gasteiger partial charge is 0.253 e. The number of nitrogens with one attached hydrogen (secondary N) is 1. The molecule has 0 unspecified atom stereocenters.